The van der Waals surface area contributed by atoms with E-state index in [-0.39, 0.29) is 11.1 Å². The van der Waals surface area contributed by atoms with Crippen LogP contribution in [0.5, 0.6) is 5.75 Å². The van der Waals surface area contributed by atoms with Crippen LogP contribution in [0.2, 0.25) is 0 Å². The summed E-state index contributed by atoms with van der Waals surface area (Å²) in [6.07, 6.45) is 7.08. The Bertz CT molecular complexity index is 1130. The van der Waals surface area contributed by atoms with Crippen molar-refractivity contribution >= 4 is 23.8 Å². The number of aromatic nitrogens is 2. The summed E-state index contributed by atoms with van der Waals surface area (Å²) in [4.78, 5) is 28.6. The number of benzene rings is 1. The molecule has 0 saturated heterocycles. The first-order chi connectivity index (χ1) is 13.5. The maximum absolute atomic E-state index is 12.8. The highest BCUT2D eigenvalue weighted by atomic mass is 16.5. The Hall–Kier alpha value is -3.67. The van der Waals surface area contributed by atoms with Crippen LogP contribution in [-0.2, 0) is 6.42 Å². The largest absolute Gasteiger partial charge is 0.489 e. The zero-order valence-electron chi connectivity index (χ0n) is 15.5. The second-order valence-electron chi connectivity index (χ2n) is 6.06. The van der Waals surface area contributed by atoms with E-state index in [0.29, 0.717) is 35.7 Å². The molecule has 6 nitrogen and oxygen atoms in total. The molecule has 28 heavy (non-hydrogen) atoms. The van der Waals surface area contributed by atoms with Gasteiger partial charge in [0.2, 0.25) is 0 Å². The van der Waals surface area contributed by atoms with Crippen LogP contribution in [0.3, 0.4) is 0 Å². The lowest BCUT2D eigenvalue weighted by Gasteiger charge is -2.09. The minimum absolute atomic E-state index is 0.0371. The summed E-state index contributed by atoms with van der Waals surface area (Å²) in [5.41, 5.74) is 2.08. The monoisotopic (exact) mass is 376 g/mol. The second-order valence-corrected chi connectivity index (χ2v) is 6.06. The highest BCUT2D eigenvalue weighted by Crippen LogP contribution is 2.21. The molecule has 0 saturated carbocycles. The number of hydrogen-bond acceptors (Lipinski definition) is 4. The molecule has 0 aliphatic rings. The predicted octanol–water partition coefficient (Wildman–Crippen LogP) is 3.69. The van der Waals surface area contributed by atoms with E-state index in [1.807, 2.05) is 37.3 Å². The number of fused-ring (bicyclic) bond motifs is 1. The Labute approximate surface area is 162 Å². The number of nitrogens with zero attached hydrogens (tertiary/aromatic N) is 2. The fraction of sp³-hybridized carbons (Fsp3) is 0.136. The van der Waals surface area contributed by atoms with Gasteiger partial charge < -0.3 is 9.84 Å². The average Bonchev–Trinajstić information content (AvgIpc) is 2.71. The van der Waals surface area contributed by atoms with Gasteiger partial charge in [-0.25, -0.2) is 9.78 Å². The quantitative estimate of drug-likeness (QED) is 0.636. The van der Waals surface area contributed by atoms with Crippen LogP contribution in [0.15, 0.2) is 60.0 Å². The van der Waals surface area contributed by atoms with Gasteiger partial charge in [-0.05, 0) is 36.8 Å². The third-order valence-corrected chi connectivity index (χ3v) is 4.25. The first kappa shape index (κ1) is 19.1. The SMILES string of the molecule is C=CCOc1ccccc1C=Cc1nc2ccc(C(=O)O)cn2c(=O)c1CC. The van der Waals surface area contributed by atoms with Gasteiger partial charge in [0.15, 0.2) is 0 Å². The van der Waals surface area contributed by atoms with E-state index in [1.165, 1.54) is 22.7 Å². The maximum Gasteiger partial charge on any atom is 0.337 e. The number of rotatable bonds is 7. The van der Waals surface area contributed by atoms with Crippen molar-refractivity contribution < 1.29 is 14.6 Å². The standard InChI is InChI=1S/C22H20N2O4/c1-3-13-28-19-8-6-5-7-15(19)9-11-18-17(4-2)21(25)24-14-16(22(26)27)10-12-20(24)23-18/h3,5-12,14H,1,4,13H2,2H3,(H,26,27). The topological polar surface area (TPSA) is 80.9 Å². The molecule has 142 valence electrons. The zero-order valence-corrected chi connectivity index (χ0v) is 15.5. The van der Waals surface area contributed by atoms with Crippen molar-refractivity contribution in [2.24, 2.45) is 0 Å². The number of aromatic carboxylic acids is 1. The summed E-state index contributed by atoms with van der Waals surface area (Å²) in [5, 5.41) is 9.15. The minimum Gasteiger partial charge on any atom is -0.489 e. The average molecular weight is 376 g/mol. The van der Waals surface area contributed by atoms with E-state index in [4.69, 9.17) is 9.84 Å². The maximum atomic E-state index is 12.8. The van der Waals surface area contributed by atoms with Crippen molar-refractivity contribution in [3.8, 4) is 5.75 Å². The predicted molar refractivity (Wildman–Crippen MR) is 109 cm³/mol. The lowest BCUT2D eigenvalue weighted by Crippen LogP contribution is -2.22. The first-order valence-electron chi connectivity index (χ1n) is 8.84. The van der Waals surface area contributed by atoms with E-state index >= 15 is 0 Å². The van der Waals surface area contributed by atoms with E-state index < -0.39 is 5.97 Å². The van der Waals surface area contributed by atoms with Crippen LogP contribution in [0.25, 0.3) is 17.8 Å². The summed E-state index contributed by atoms with van der Waals surface area (Å²) < 4.78 is 6.93. The number of para-hydroxylation sites is 1. The molecule has 0 unspecified atom stereocenters. The molecule has 0 fully saturated rings. The van der Waals surface area contributed by atoms with Gasteiger partial charge in [-0.15, -0.1) is 0 Å². The van der Waals surface area contributed by atoms with Gasteiger partial charge in [0.25, 0.3) is 5.56 Å². The van der Waals surface area contributed by atoms with Gasteiger partial charge in [-0.3, -0.25) is 9.20 Å². The molecule has 3 rings (SSSR count). The molecule has 6 heteroatoms. The summed E-state index contributed by atoms with van der Waals surface area (Å²) in [5.74, 6) is -0.382. The molecular weight excluding hydrogens is 356 g/mol. The lowest BCUT2D eigenvalue weighted by atomic mass is 10.1. The Kier molecular flexibility index (Phi) is 5.69. The fourth-order valence-corrected chi connectivity index (χ4v) is 2.86. The number of pyridine rings is 1. The number of carboxylic acids is 1. The van der Waals surface area contributed by atoms with Gasteiger partial charge >= 0.3 is 5.97 Å². The fourth-order valence-electron chi connectivity index (χ4n) is 2.86. The molecule has 0 atom stereocenters. The number of ether oxygens (including phenoxy) is 1. The zero-order chi connectivity index (χ0) is 20.1. The van der Waals surface area contributed by atoms with Crippen LogP contribution in [-0.4, -0.2) is 27.1 Å². The van der Waals surface area contributed by atoms with Crippen molar-refractivity contribution in [1.29, 1.82) is 0 Å². The molecule has 1 N–H and O–H groups in total. The van der Waals surface area contributed by atoms with E-state index in [9.17, 15) is 9.59 Å². The smallest absolute Gasteiger partial charge is 0.337 e. The molecule has 0 bridgehead atoms. The lowest BCUT2D eigenvalue weighted by molar-refractivity contribution is 0.0696. The highest BCUT2D eigenvalue weighted by molar-refractivity contribution is 5.87. The normalized spacial score (nSPS) is 11.0. The van der Waals surface area contributed by atoms with Crippen molar-refractivity contribution in [3.63, 3.8) is 0 Å². The molecule has 1 aromatic carbocycles. The Morgan fingerprint density at radius 2 is 2.04 bits per heavy atom. The van der Waals surface area contributed by atoms with Crippen molar-refractivity contribution in [2.45, 2.75) is 13.3 Å². The molecule has 2 heterocycles. The molecule has 3 aromatic rings. The van der Waals surface area contributed by atoms with E-state index in [1.54, 1.807) is 12.2 Å². The van der Waals surface area contributed by atoms with Crippen LogP contribution in [0.4, 0.5) is 0 Å². The third kappa shape index (κ3) is 3.86. The third-order valence-electron chi connectivity index (χ3n) is 4.25. The van der Waals surface area contributed by atoms with Crippen LogP contribution in [0.1, 0.15) is 34.1 Å². The van der Waals surface area contributed by atoms with Crippen molar-refractivity contribution in [1.82, 2.24) is 9.38 Å². The molecule has 0 spiro atoms. The Balaban J connectivity index is 2.08. The molecule has 0 radical (unpaired) electrons. The van der Waals surface area contributed by atoms with Crippen LogP contribution in [0, 0.1) is 0 Å². The van der Waals surface area contributed by atoms with Gasteiger partial charge in [0, 0.05) is 17.3 Å². The van der Waals surface area contributed by atoms with E-state index in [0.717, 1.165) is 5.56 Å². The highest BCUT2D eigenvalue weighted by Gasteiger charge is 2.12. The van der Waals surface area contributed by atoms with Crippen LogP contribution < -0.4 is 10.3 Å². The molecule has 0 aliphatic heterocycles. The van der Waals surface area contributed by atoms with Gasteiger partial charge in [-0.1, -0.05) is 37.8 Å². The summed E-state index contributed by atoms with van der Waals surface area (Å²) in [6.45, 7) is 5.91. The summed E-state index contributed by atoms with van der Waals surface area (Å²) >= 11 is 0. The van der Waals surface area contributed by atoms with Gasteiger partial charge in [-0.2, -0.15) is 0 Å². The second kappa shape index (κ2) is 8.35. The number of carboxylic acid groups (broad SMARTS) is 1. The Morgan fingerprint density at radius 1 is 1.25 bits per heavy atom. The van der Waals surface area contributed by atoms with Crippen molar-refractivity contribution in [2.75, 3.05) is 6.61 Å². The summed E-state index contributed by atoms with van der Waals surface area (Å²) in [6, 6.07) is 10.5. The molecule has 0 amide bonds. The molecule has 2 aromatic heterocycles. The van der Waals surface area contributed by atoms with Gasteiger partial charge in [0.1, 0.15) is 18.0 Å². The Morgan fingerprint density at radius 3 is 2.75 bits per heavy atom. The van der Waals surface area contributed by atoms with Gasteiger partial charge in [0.05, 0.1) is 11.3 Å². The van der Waals surface area contributed by atoms with Crippen molar-refractivity contribution in [3.05, 3.63) is 88.0 Å². The van der Waals surface area contributed by atoms with E-state index in [2.05, 4.69) is 11.6 Å². The molecule has 0 aliphatic carbocycles. The first-order valence-corrected chi connectivity index (χ1v) is 8.84. The number of hydrogen-bond donors (Lipinski definition) is 1. The van der Waals surface area contributed by atoms with Crippen LogP contribution >= 0.6 is 0 Å². The molecular formula is C22H20N2O4. The summed E-state index contributed by atoms with van der Waals surface area (Å²) in [7, 11) is 0. The minimum atomic E-state index is -1.09. The number of carbonyl (C=O) groups is 1.